The fraction of sp³-hybridized carbons (Fsp3) is 0.688. The van der Waals surface area contributed by atoms with E-state index in [9.17, 15) is 0 Å². The Hall–Kier alpha value is -1.13. The van der Waals surface area contributed by atoms with Gasteiger partial charge in [-0.2, -0.15) is 0 Å². The van der Waals surface area contributed by atoms with Gasteiger partial charge in [0.1, 0.15) is 0 Å². The van der Waals surface area contributed by atoms with E-state index in [1.54, 1.807) is 0 Å². The quantitative estimate of drug-likeness (QED) is 0.915. The molecule has 0 amide bonds. The van der Waals surface area contributed by atoms with Gasteiger partial charge in [-0.3, -0.25) is 4.98 Å². The Morgan fingerprint density at radius 3 is 2.55 bits per heavy atom. The fourth-order valence-corrected chi connectivity index (χ4v) is 3.63. The van der Waals surface area contributed by atoms with Crippen molar-refractivity contribution in [3.8, 4) is 0 Å². The first kappa shape index (κ1) is 13.8. The Bertz CT molecular complexity index is 420. The van der Waals surface area contributed by atoms with E-state index < -0.39 is 0 Å². The molecule has 0 aromatic carbocycles. The molecule has 20 heavy (non-hydrogen) atoms. The van der Waals surface area contributed by atoms with Crippen molar-refractivity contribution in [2.75, 3.05) is 31.1 Å². The summed E-state index contributed by atoms with van der Waals surface area (Å²) in [6.07, 6.45) is 8.59. The summed E-state index contributed by atoms with van der Waals surface area (Å²) in [5.74, 6) is 0. The van der Waals surface area contributed by atoms with Crippen LogP contribution in [0.3, 0.4) is 0 Å². The van der Waals surface area contributed by atoms with E-state index in [2.05, 4.69) is 20.9 Å². The second kappa shape index (κ2) is 6.55. The van der Waals surface area contributed by atoms with Crippen molar-refractivity contribution >= 4 is 5.69 Å². The molecule has 4 nitrogen and oxygen atoms in total. The summed E-state index contributed by atoms with van der Waals surface area (Å²) in [4.78, 5) is 9.59. The Balaban J connectivity index is 1.60. The summed E-state index contributed by atoms with van der Waals surface area (Å²) < 4.78 is 0. The standard InChI is InChI=1S/C16H26N4/c17-13-15-16(5-4-8-18-15)20-11-6-14(7-12-20)19-9-2-1-3-10-19/h4-5,8,14H,1-3,6-7,9-13,17H2. The van der Waals surface area contributed by atoms with Crippen molar-refractivity contribution in [1.82, 2.24) is 9.88 Å². The smallest absolute Gasteiger partial charge is 0.0772 e. The molecule has 0 unspecified atom stereocenters. The molecule has 3 rings (SSSR count). The number of likely N-dealkylation sites (tertiary alicyclic amines) is 1. The lowest BCUT2D eigenvalue weighted by Gasteiger charge is -2.41. The molecule has 0 atom stereocenters. The number of pyridine rings is 1. The minimum absolute atomic E-state index is 0.530. The predicted molar refractivity (Wildman–Crippen MR) is 82.8 cm³/mol. The van der Waals surface area contributed by atoms with Crippen LogP contribution in [0.15, 0.2) is 18.3 Å². The van der Waals surface area contributed by atoms with E-state index in [-0.39, 0.29) is 0 Å². The van der Waals surface area contributed by atoms with Crippen LogP contribution in [-0.2, 0) is 6.54 Å². The SMILES string of the molecule is NCc1ncccc1N1CCC(N2CCCCC2)CC1. The Morgan fingerprint density at radius 2 is 1.85 bits per heavy atom. The molecule has 1 aromatic heterocycles. The third-order valence-corrected chi connectivity index (χ3v) is 4.77. The van der Waals surface area contributed by atoms with E-state index in [4.69, 9.17) is 5.73 Å². The Labute approximate surface area is 122 Å². The zero-order valence-corrected chi connectivity index (χ0v) is 12.3. The number of piperidine rings is 2. The highest BCUT2D eigenvalue weighted by Crippen LogP contribution is 2.26. The summed E-state index contributed by atoms with van der Waals surface area (Å²) in [7, 11) is 0. The molecule has 1 aromatic rings. The molecule has 2 aliphatic rings. The highest BCUT2D eigenvalue weighted by atomic mass is 15.2. The van der Waals surface area contributed by atoms with E-state index in [0.29, 0.717) is 6.54 Å². The summed E-state index contributed by atoms with van der Waals surface area (Å²) in [6, 6.07) is 4.98. The summed E-state index contributed by atoms with van der Waals surface area (Å²) in [5.41, 5.74) is 8.08. The van der Waals surface area contributed by atoms with Gasteiger partial charge in [0.25, 0.3) is 0 Å². The molecule has 0 bridgehead atoms. The van der Waals surface area contributed by atoms with Crippen LogP contribution in [0.5, 0.6) is 0 Å². The number of nitrogens with two attached hydrogens (primary N) is 1. The number of hydrogen-bond donors (Lipinski definition) is 1. The van der Waals surface area contributed by atoms with E-state index in [1.165, 1.54) is 50.9 Å². The monoisotopic (exact) mass is 274 g/mol. The number of aromatic nitrogens is 1. The van der Waals surface area contributed by atoms with Crippen LogP contribution in [0.4, 0.5) is 5.69 Å². The van der Waals surface area contributed by atoms with Crippen molar-refractivity contribution < 1.29 is 0 Å². The van der Waals surface area contributed by atoms with Gasteiger partial charge < -0.3 is 15.5 Å². The third-order valence-electron chi connectivity index (χ3n) is 4.77. The first-order valence-corrected chi connectivity index (χ1v) is 8.01. The van der Waals surface area contributed by atoms with Gasteiger partial charge in [0.2, 0.25) is 0 Å². The fourth-order valence-electron chi connectivity index (χ4n) is 3.63. The molecule has 0 radical (unpaired) electrons. The molecule has 0 spiro atoms. The van der Waals surface area contributed by atoms with Crippen LogP contribution in [-0.4, -0.2) is 42.1 Å². The highest BCUT2D eigenvalue weighted by Gasteiger charge is 2.26. The molecule has 0 saturated carbocycles. The first-order chi connectivity index (χ1) is 9.88. The van der Waals surface area contributed by atoms with E-state index in [1.807, 2.05) is 12.3 Å². The van der Waals surface area contributed by atoms with Gasteiger partial charge >= 0.3 is 0 Å². The highest BCUT2D eigenvalue weighted by molar-refractivity contribution is 5.50. The molecule has 2 N–H and O–H groups in total. The van der Waals surface area contributed by atoms with Gasteiger partial charge in [-0.25, -0.2) is 0 Å². The van der Waals surface area contributed by atoms with Crippen molar-refractivity contribution in [1.29, 1.82) is 0 Å². The maximum Gasteiger partial charge on any atom is 0.0772 e. The number of anilines is 1. The van der Waals surface area contributed by atoms with Gasteiger partial charge in [0, 0.05) is 31.9 Å². The summed E-state index contributed by atoms with van der Waals surface area (Å²) in [6.45, 7) is 5.43. The zero-order valence-electron chi connectivity index (χ0n) is 12.3. The molecule has 0 aliphatic carbocycles. The van der Waals surface area contributed by atoms with E-state index in [0.717, 1.165) is 24.8 Å². The van der Waals surface area contributed by atoms with Gasteiger partial charge in [0.15, 0.2) is 0 Å². The second-order valence-electron chi connectivity index (χ2n) is 5.99. The molecule has 110 valence electrons. The van der Waals surface area contributed by atoms with Gasteiger partial charge in [-0.1, -0.05) is 6.42 Å². The minimum atomic E-state index is 0.530. The van der Waals surface area contributed by atoms with Crippen LogP contribution in [0.2, 0.25) is 0 Å². The summed E-state index contributed by atoms with van der Waals surface area (Å²) in [5, 5.41) is 0. The zero-order chi connectivity index (χ0) is 13.8. The van der Waals surface area contributed by atoms with E-state index >= 15 is 0 Å². The normalized spacial score (nSPS) is 22.1. The molecular formula is C16H26N4. The Morgan fingerprint density at radius 1 is 1.10 bits per heavy atom. The molecule has 3 heterocycles. The lowest BCUT2D eigenvalue weighted by Crippen LogP contribution is -2.47. The van der Waals surface area contributed by atoms with Gasteiger partial charge in [0.05, 0.1) is 11.4 Å². The van der Waals surface area contributed by atoms with Gasteiger partial charge in [-0.05, 0) is 50.9 Å². The number of nitrogens with zero attached hydrogens (tertiary/aromatic N) is 3. The van der Waals surface area contributed by atoms with Crippen molar-refractivity contribution in [2.24, 2.45) is 5.73 Å². The third kappa shape index (κ3) is 2.96. The van der Waals surface area contributed by atoms with Crippen molar-refractivity contribution in [3.63, 3.8) is 0 Å². The molecule has 2 aliphatic heterocycles. The first-order valence-electron chi connectivity index (χ1n) is 8.01. The average molecular weight is 274 g/mol. The largest absolute Gasteiger partial charge is 0.370 e. The number of rotatable bonds is 3. The number of hydrogen-bond acceptors (Lipinski definition) is 4. The van der Waals surface area contributed by atoms with Gasteiger partial charge in [-0.15, -0.1) is 0 Å². The predicted octanol–water partition coefficient (Wildman–Crippen LogP) is 1.99. The maximum atomic E-state index is 5.80. The van der Waals surface area contributed by atoms with Crippen LogP contribution in [0.25, 0.3) is 0 Å². The summed E-state index contributed by atoms with van der Waals surface area (Å²) >= 11 is 0. The molecule has 2 fully saturated rings. The lowest BCUT2D eigenvalue weighted by molar-refractivity contribution is 0.141. The van der Waals surface area contributed by atoms with Crippen LogP contribution < -0.4 is 10.6 Å². The molecule has 4 heteroatoms. The lowest BCUT2D eigenvalue weighted by atomic mass is 9.99. The topological polar surface area (TPSA) is 45.4 Å². The van der Waals surface area contributed by atoms with Crippen LogP contribution in [0.1, 0.15) is 37.8 Å². The second-order valence-corrected chi connectivity index (χ2v) is 5.99. The average Bonchev–Trinajstić information content (AvgIpc) is 2.56. The van der Waals surface area contributed by atoms with Crippen molar-refractivity contribution in [2.45, 2.75) is 44.7 Å². The maximum absolute atomic E-state index is 5.80. The van der Waals surface area contributed by atoms with Crippen LogP contribution >= 0.6 is 0 Å². The van der Waals surface area contributed by atoms with Crippen molar-refractivity contribution in [3.05, 3.63) is 24.0 Å². The minimum Gasteiger partial charge on any atom is -0.370 e. The molecular weight excluding hydrogens is 248 g/mol. The van der Waals surface area contributed by atoms with Crippen LogP contribution in [0, 0.1) is 0 Å². The Kier molecular flexibility index (Phi) is 4.53. The molecule has 2 saturated heterocycles.